The predicted octanol–water partition coefficient (Wildman–Crippen LogP) is 3.35. The molecular weight excluding hydrogens is 355 g/mol. The average molecular weight is 383 g/mol. The van der Waals surface area contributed by atoms with E-state index in [9.17, 15) is 14.0 Å². The van der Waals surface area contributed by atoms with Crippen LogP contribution in [-0.2, 0) is 14.3 Å². The van der Waals surface area contributed by atoms with Crippen molar-refractivity contribution in [1.82, 2.24) is 5.32 Å². The molecular formula is C19H27FN2O3S. The second-order valence-corrected chi connectivity index (χ2v) is 7.37. The summed E-state index contributed by atoms with van der Waals surface area (Å²) < 4.78 is 18.6. The summed E-state index contributed by atoms with van der Waals surface area (Å²) in [6.07, 6.45) is 7.34. The van der Waals surface area contributed by atoms with Gasteiger partial charge in [0.25, 0.3) is 0 Å². The summed E-state index contributed by atoms with van der Waals surface area (Å²) in [6, 6.07) is 5.57. The summed E-state index contributed by atoms with van der Waals surface area (Å²) in [5.41, 5.74) is 0.541. The molecule has 0 saturated heterocycles. The van der Waals surface area contributed by atoms with Gasteiger partial charge in [-0.25, -0.2) is 4.39 Å². The van der Waals surface area contributed by atoms with Gasteiger partial charge in [0.2, 0.25) is 11.8 Å². The molecule has 7 heteroatoms. The van der Waals surface area contributed by atoms with E-state index in [1.807, 2.05) is 0 Å². The number of carbonyl (C=O) groups is 2. The molecule has 1 aromatic carbocycles. The van der Waals surface area contributed by atoms with Crippen LogP contribution in [0.4, 0.5) is 10.1 Å². The van der Waals surface area contributed by atoms with Crippen LogP contribution < -0.4 is 10.6 Å². The summed E-state index contributed by atoms with van der Waals surface area (Å²) in [6.45, 7) is 1.27. The Morgan fingerprint density at radius 1 is 1.08 bits per heavy atom. The highest BCUT2D eigenvalue weighted by Crippen LogP contribution is 2.20. The second-order valence-electron chi connectivity index (χ2n) is 6.38. The van der Waals surface area contributed by atoms with Gasteiger partial charge in [-0.15, -0.1) is 11.8 Å². The monoisotopic (exact) mass is 382 g/mol. The normalized spacial score (nSPS) is 14.8. The van der Waals surface area contributed by atoms with Gasteiger partial charge >= 0.3 is 0 Å². The zero-order valence-corrected chi connectivity index (χ0v) is 15.8. The zero-order chi connectivity index (χ0) is 18.6. The fourth-order valence-electron chi connectivity index (χ4n) is 2.80. The molecule has 0 unspecified atom stereocenters. The molecule has 144 valence electrons. The fourth-order valence-corrected chi connectivity index (χ4v) is 3.45. The lowest BCUT2D eigenvalue weighted by Gasteiger charge is -2.21. The van der Waals surface area contributed by atoms with Crippen molar-refractivity contribution >= 4 is 29.3 Å². The first-order valence-corrected chi connectivity index (χ1v) is 10.3. The third-order valence-corrected chi connectivity index (χ3v) is 5.08. The molecule has 0 spiro atoms. The number of rotatable bonds is 10. The lowest BCUT2D eigenvalue weighted by atomic mass is 9.98. The van der Waals surface area contributed by atoms with Crippen molar-refractivity contribution in [3.63, 3.8) is 0 Å². The van der Waals surface area contributed by atoms with Gasteiger partial charge in [-0.1, -0.05) is 19.3 Å². The molecule has 1 fully saturated rings. The Morgan fingerprint density at radius 3 is 2.50 bits per heavy atom. The van der Waals surface area contributed by atoms with Gasteiger partial charge < -0.3 is 15.4 Å². The summed E-state index contributed by atoms with van der Waals surface area (Å²) in [7, 11) is 0. The van der Waals surface area contributed by atoms with E-state index in [-0.39, 0.29) is 29.1 Å². The van der Waals surface area contributed by atoms with E-state index >= 15 is 0 Å². The van der Waals surface area contributed by atoms with Gasteiger partial charge in [-0.2, -0.15) is 0 Å². The molecule has 0 aromatic heterocycles. The maximum Gasteiger partial charge on any atom is 0.234 e. The van der Waals surface area contributed by atoms with Crippen molar-refractivity contribution in [2.24, 2.45) is 0 Å². The Labute approximate surface area is 158 Å². The van der Waals surface area contributed by atoms with Crippen molar-refractivity contribution in [3.05, 3.63) is 30.1 Å². The minimum absolute atomic E-state index is 0.0813. The molecule has 1 aliphatic rings. The van der Waals surface area contributed by atoms with Crippen LogP contribution in [0.25, 0.3) is 0 Å². The molecule has 1 aliphatic carbocycles. The largest absolute Gasteiger partial charge is 0.378 e. The van der Waals surface area contributed by atoms with Crippen LogP contribution >= 0.6 is 11.8 Å². The minimum atomic E-state index is -0.349. The van der Waals surface area contributed by atoms with Crippen molar-refractivity contribution in [1.29, 1.82) is 0 Å². The number of anilines is 1. The molecule has 2 amide bonds. The topological polar surface area (TPSA) is 67.4 Å². The first-order chi connectivity index (χ1) is 12.6. The average Bonchev–Trinajstić information content (AvgIpc) is 2.64. The Hall–Kier alpha value is -1.60. The number of thioether (sulfide) groups is 1. The molecule has 2 N–H and O–H groups in total. The third kappa shape index (κ3) is 8.67. The summed E-state index contributed by atoms with van der Waals surface area (Å²) in [5.74, 6) is -0.230. The molecule has 5 nitrogen and oxygen atoms in total. The standard InChI is InChI=1S/C19H27FN2O3S/c20-15-7-9-16(10-8-15)22-19(24)14-26-13-18(23)21-11-4-12-25-17-5-2-1-3-6-17/h7-10,17H,1-6,11-14H2,(H,21,23)(H,22,24). The van der Waals surface area contributed by atoms with Crippen LogP contribution in [0, 0.1) is 5.82 Å². The molecule has 1 saturated carbocycles. The maximum atomic E-state index is 12.8. The maximum absolute atomic E-state index is 12.8. The van der Waals surface area contributed by atoms with E-state index in [4.69, 9.17) is 4.74 Å². The van der Waals surface area contributed by atoms with Gasteiger partial charge in [-0.3, -0.25) is 9.59 Å². The van der Waals surface area contributed by atoms with Crippen LogP contribution in [0.2, 0.25) is 0 Å². The molecule has 0 bridgehead atoms. The van der Waals surface area contributed by atoms with Crippen LogP contribution in [0.5, 0.6) is 0 Å². The van der Waals surface area contributed by atoms with Crippen molar-refractivity contribution in [2.45, 2.75) is 44.6 Å². The van der Waals surface area contributed by atoms with Crippen LogP contribution in [0.15, 0.2) is 24.3 Å². The number of carbonyl (C=O) groups excluding carboxylic acids is 2. The summed E-state index contributed by atoms with van der Waals surface area (Å²) in [5, 5.41) is 5.50. The number of amides is 2. The number of halogens is 1. The lowest BCUT2D eigenvalue weighted by molar-refractivity contribution is -0.118. The van der Waals surface area contributed by atoms with Gasteiger partial charge in [0.1, 0.15) is 5.82 Å². The van der Waals surface area contributed by atoms with Crippen molar-refractivity contribution < 1.29 is 18.7 Å². The van der Waals surface area contributed by atoms with Crippen LogP contribution in [-0.4, -0.2) is 42.6 Å². The minimum Gasteiger partial charge on any atom is -0.378 e. The Kier molecular flexibility index (Phi) is 9.48. The molecule has 0 aliphatic heterocycles. The Balaban J connectivity index is 1.46. The summed E-state index contributed by atoms with van der Waals surface area (Å²) in [4.78, 5) is 23.5. The Bertz CT molecular complexity index is 562. The SMILES string of the molecule is O=C(CSCC(=O)Nc1ccc(F)cc1)NCCCOC1CCCCC1. The van der Waals surface area contributed by atoms with Crippen molar-refractivity contribution in [3.8, 4) is 0 Å². The van der Waals surface area contributed by atoms with Gasteiger partial charge in [0, 0.05) is 18.8 Å². The van der Waals surface area contributed by atoms with E-state index in [0.717, 1.165) is 19.3 Å². The highest BCUT2D eigenvalue weighted by atomic mass is 32.2. The third-order valence-electron chi connectivity index (χ3n) is 4.14. The molecule has 0 heterocycles. The zero-order valence-electron chi connectivity index (χ0n) is 15.0. The first kappa shape index (κ1) is 20.7. The van der Waals surface area contributed by atoms with Crippen LogP contribution in [0.1, 0.15) is 38.5 Å². The Morgan fingerprint density at radius 2 is 1.77 bits per heavy atom. The van der Waals surface area contributed by atoms with E-state index in [0.29, 0.717) is 24.9 Å². The van der Waals surface area contributed by atoms with Gasteiger partial charge in [-0.05, 0) is 43.5 Å². The highest BCUT2D eigenvalue weighted by molar-refractivity contribution is 8.00. The lowest BCUT2D eigenvalue weighted by Crippen LogP contribution is -2.28. The second kappa shape index (κ2) is 11.9. The van der Waals surface area contributed by atoms with Gasteiger partial charge in [0.15, 0.2) is 0 Å². The van der Waals surface area contributed by atoms with E-state index < -0.39 is 0 Å². The molecule has 1 aromatic rings. The molecule has 26 heavy (non-hydrogen) atoms. The molecule has 0 atom stereocenters. The quantitative estimate of drug-likeness (QED) is 0.609. The number of hydrogen-bond acceptors (Lipinski definition) is 4. The van der Waals surface area contributed by atoms with E-state index in [1.165, 1.54) is 55.3 Å². The fraction of sp³-hybridized carbons (Fsp3) is 0.579. The van der Waals surface area contributed by atoms with Crippen molar-refractivity contribution in [2.75, 3.05) is 30.0 Å². The van der Waals surface area contributed by atoms with E-state index in [2.05, 4.69) is 10.6 Å². The number of ether oxygens (including phenoxy) is 1. The first-order valence-electron chi connectivity index (χ1n) is 9.15. The number of hydrogen-bond donors (Lipinski definition) is 2. The molecule has 0 radical (unpaired) electrons. The van der Waals surface area contributed by atoms with Crippen LogP contribution in [0.3, 0.4) is 0 Å². The summed E-state index contributed by atoms with van der Waals surface area (Å²) >= 11 is 1.25. The number of nitrogens with one attached hydrogen (secondary N) is 2. The van der Waals surface area contributed by atoms with E-state index in [1.54, 1.807) is 0 Å². The van der Waals surface area contributed by atoms with Gasteiger partial charge in [0.05, 0.1) is 17.6 Å². The molecule has 2 rings (SSSR count). The highest BCUT2D eigenvalue weighted by Gasteiger charge is 2.13. The smallest absolute Gasteiger partial charge is 0.234 e. The number of benzene rings is 1. The predicted molar refractivity (Wildman–Crippen MR) is 103 cm³/mol.